The first-order valence-electron chi connectivity index (χ1n) is 7.84. The van der Waals surface area contributed by atoms with Gasteiger partial charge in [-0.3, -0.25) is 0 Å². The molecule has 2 aliphatic rings. The molecule has 0 radical (unpaired) electrons. The van der Waals surface area contributed by atoms with Crippen molar-refractivity contribution in [1.29, 1.82) is 0 Å². The summed E-state index contributed by atoms with van der Waals surface area (Å²) >= 11 is 0. The summed E-state index contributed by atoms with van der Waals surface area (Å²) in [6.45, 7) is 9.32. The number of nitrogens with one attached hydrogen (secondary N) is 2. The van der Waals surface area contributed by atoms with E-state index in [1.54, 1.807) is 4.31 Å². The van der Waals surface area contributed by atoms with E-state index < -0.39 is 10.2 Å². The molecule has 0 bridgehead atoms. The van der Waals surface area contributed by atoms with Gasteiger partial charge in [-0.2, -0.15) is 12.7 Å². The van der Waals surface area contributed by atoms with E-state index >= 15 is 0 Å². The van der Waals surface area contributed by atoms with Crippen molar-refractivity contribution in [3.05, 3.63) is 0 Å². The number of hydrogen-bond donors (Lipinski definition) is 2. The minimum Gasteiger partial charge on any atom is -0.315 e. The van der Waals surface area contributed by atoms with Gasteiger partial charge in [0.2, 0.25) is 0 Å². The maximum Gasteiger partial charge on any atom is 0.279 e. The average Bonchev–Trinajstić information content (AvgIpc) is 3.02. The molecule has 0 aromatic carbocycles. The van der Waals surface area contributed by atoms with Crippen molar-refractivity contribution in [3.8, 4) is 0 Å². The lowest BCUT2D eigenvalue weighted by Gasteiger charge is -2.34. The summed E-state index contributed by atoms with van der Waals surface area (Å²) in [5, 5.41) is 3.28. The Kier molecular flexibility index (Phi) is 5.10. The van der Waals surface area contributed by atoms with E-state index in [1.807, 2.05) is 0 Å². The lowest BCUT2D eigenvalue weighted by atomic mass is 10.1. The van der Waals surface area contributed by atoms with Gasteiger partial charge in [0.05, 0.1) is 0 Å². The smallest absolute Gasteiger partial charge is 0.279 e. The van der Waals surface area contributed by atoms with E-state index in [4.69, 9.17) is 0 Å². The van der Waals surface area contributed by atoms with Crippen LogP contribution in [0.15, 0.2) is 0 Å². The minimum atomic E-state index is -3.32. The fourth-order valence-corrected chi connectivity index (χ4v) is 4.54. The van der Waals surface area contributed by atoms with Crippen molar-refractivity contribution in [2.75, 3.05) is 26.2 Å². The van der Waals surface area contributed by atoms with Gasteiger partial charge in [-0.15, -0.1) is 0 Å². The average molecular weight is 303 g/mol. The van der Waals surface area contributed by atoms with Crippen LogP contribution in [0.25, 0.3) is 0 Å². The molecule has 0 aromatic heterocycles. The molecule has 1 aliphatic carbocycles. The molecule has 0 amide bonds. The van der Waals surface area contributed by atoms with Gasteiger partial charge in [-0.25, -0.2) is 4.72 Å². The van der Waals surface area contributed by atoms with Crippen molar-refractivity contribution in [1.82, 2.24) is 14.3 Å². The predicted molar refractivity (Wildman–Crippen MR) is 81.7 cm³/mol. The van der Waals surface area contributed by atoms with Crippen LogP contribution in [-0.4, -0.2) is 44.9 Å². The third-order valence-corrected chi connectivity index (χ3v) is 6.37. The van der Waals surface area contributed by atoms with Crippen molar-refractivity contribution in [2.45, 2.75) is 52.5 Å². The summed E-state index contributed by atoms with van der Waals surface area (Å²) in [6, 6.07) is 0.105. The summed E-state index contributed by atoms with van der Waals surface area (Å²) < 4.78 is 29.5. The molecule has 118 valence electrons. The van der Waals surface area contributed by atoms with Crippen LogP contribution in [0.4, 0.5) is 0 Å². The molecule has 2 fully saturated rings. The van der Waals surface area contributed by atoms with Gasteiger partial charge < -0.3 is 5.32 Å². The largest absolute Gasteiger partial charge is 0.315 e. The molecule has 2 N–H and O–H groups in total. The summed E-state index contributed by atoms with van der Waals surface area (Å²) in [4.78, 5) is 0. The predicted octanol–water partition coefficient (Wildman–Crippen LogP) is 1.33. The van der Waals surface area contributed by atoms with E-state index in [0.717, 1.165) is 38.8 Å². The van der Waals surface area contributed by atoms with E-state index in [-0.39, 0.29) is 6.04 Å². The van der Waals surface area contributed by atoms with Gasteiger partial charge in [0.1, 0.15) is 0 Å². The van der Waals surface area contributed by atoms with Crippen LogP contribution < -0.4 is 10.0 Å². The molecule has 6 heteroatoms. The normalized spacial score (nSPS) is 30.4. The van der Waals surface area contributed by atoms with Crippen molar-refractivity contribution < 1.29 is 8.42 Å². The van der Waals surface area contributed by atoms with Gasteiger partial charge in [-0.05, 0) is 37.1 Å². The highest BCUT2D eigenvalue weighted by Gasteiger charge is 2.46. The zero-order valence-corrected chi connectivity index (χ0v) is 13.8. The Labute approximate surface area is 123 Å². The van der Waals surface area contributed by atoms with Crippen molar-refractivity contribution >= 4 is 10.2 Å². The van der Waals surface area contributed by atoms with Gasteiger partial charge in [0, 0.05) is 25.7 Å². The first kappa shape index (κ1) is 16.2. The Balaban J connectivity index is 1.91. The minimum absolute atomic E-state index is 0.105. The van der Waals surface area contributed by atoms with E-state index in [9.17, 15) is 8.42 Å². The van der Waals surface area contributed by atoms with Crippen molar-refractivity contribution in [3.63, 3.8) is 0 Å². The highest BCUT2D eigenvalue weighted by atomic mass is 32.2. The molecule has 1 saturated carbocycles. The van der Waals surface area contributed by atoms with Gasteiger partial charge in [-0.1, -0.05) is 27.2 Å². The number of hydrogen-bond acceptors (Lipinski definition) is 3. The molecule has 1 saturated heterocycles. The first-order valence-corrected chi connectivity index (χ1v) is 9.28. The third-order valence-electron chi connectivity index (χ3n) is 4.74. The highest BCUT2D eigenvalue weighted by Crippen LogP contribution is 2.51. The zero-order valence-electron chi connectivity index (χ0n) is 13.0. The Morgan fingerprint density at radius 3 is 2.55 bits per heavy atom. The van der Waals surface area contributed by atoms with Crippen LogP contribution in [0, 0.1) is 11.3 Å². The van der Waals surface area contributed by atoms with Gasteiger partial charge in [0.15, 0.2) is 0 Å². The van der Waals surface area contributed by atoms with E-state index in [2.05, 4.69) is 30.8 Å². The molecule has 1 aliphatic heterocycles. The van der Waals surface area contributed by atoms with Crippen LogP contribution in [-0.2, 0) is 10.2 Å². The maximum atomic E-state index is 12.5. The second-order valence-corrected chi connectivity index (χ2v) is 8.52. The number of likely N-dealkylation sites (N-methyl/N-ethyl adjacent to an activating group) is 1. The topological polar surface area (TPSA) is 61.4 Å². The summed E-state index contributed by atoms with van der Waals surface area (Å²) in [5.41, 5.74) is 0.313. The quantitative estimate of drug-likeness (QED) is 0.746. The molecular weight excluding hydrogens is 274 g/mol. The SMILES string of the molecule is CCNCC1CCCCN1S(=O)(=O)NCC1CC1(C)C. The van der Waals surface area contributed by atoms with E-state index in [1.165, 1.54) is 0 Å². The second-order valence-electron chi connectivity index (χ2n) is 6.81. The Hall–Kier alpha value is -0.170. The van der Waals surface area contributed by atoms with Crippen LogP contribution in [0.2, 0.25) is 0 Å². The van der Waals surface area contributed by atoms with Crippen LogP contribution >= 0.6 is 0 Å². The molecule has 1 heterocycles. The molecule has 5 nitrogen and oxygen atoms in total. The second kappa shape index (κ2) is 6.30. The summed E-state index contributed by atoms with van der Waals surface area (Å²) in [6.07, 6.45) is 4.18. The van der Waals surface area contributed by atoms with Gasteiger partial charge >= 0.3 is 0 Å². The molecule has 0 aromatic rings. The third kappa shape index (κ3) is 3.93. The lowest BCUT2D eigenvalue weighted by molar-refractivity contribution is 0.243. The zero-order chi connectivity index (χ0) is 14.8. The van der Waals surface area contributed by atoms with Crippen LogP contribution in [0.1, 0.15) is 46.5 Å². The first-order chi connectivity index (χ1) is 9.37. The van der Waals surface area contributed by atoms with Crippen LogP contribution in [0.5, 0.6) is 0 Å². The fraction of sp³-hybridized carbons (Fsp3) is 1.00. The molecule has 2 unspecified atom stereocenters. The van der Waals surface area contributed by atoms with E-state index in [0.29, 0.717) is 24.4 Å². The molecule has 20 heavy (non-hydrogen) atoms. The molecule has 0 spiro atoms. The number of nitrogens with zero attached hydrogens (tertiary/aromatic N) is 1. The van der Waals surface area contributed by atoms with Gasteiger partial charge in [0.25, 0.3) is 10.2 Å². The Morgan fingerprint density at radius 1 is 1.25 bits per heavy atom. The molecular formula is C14H29N3O2S. The number of rotatable bonds is 7. The fourth-order valence-electron chi connectivity index (χ4n) is 3.02. The molecule has 2 rings (SSSR count). The molecule has 2 atom stereocenters. The monoisotopic (exact) mass is 303 g/mol. The Bertz CT molecular complexity index is 422. The number of piperidine rings is 1. The summed E-state index contributed by atoms with van der Waals surface area (Å²) in [5.74, 6) is 0.495. The lowest BCUT2D eigenvalue weighted by Crippen LogP contribution is -2.52. The maximum absolute atomic E-state index is 12.5. The summed E-state index contributed by atoms with van der Waals surface area (Å²) in [7, 11) is -3.32. The highest BCUT2D eigenvalue weighted by molar-refractivity contribution is 7.87. The Morgan fingerprint density at radius 2 is 1.95 bits per heavy atom. The van der Waals surface area contributed by atoms with Crippen molar-refractivity contribution in [2.24, 2.45) is 11.3 Å². The standard InChI is InChI=1S/C14H29N3O2S/c1-4-15-11-13-7-5-6-8-17(13)20(18,19)16-10-12-9-14(12,2)3/h12-13,15-16H,4-11H2,1-3H3. The van der Waals surface area contributed by atoms with Crippen LogP contribution in [0.3, 0.4) is 0 Å².